The van der Waals surface area contributed by atoms with Crippen molar-refractivity contribution in [3.63, 3.8) is 0 Å². The molecule has 4 nitrogen and oxygen atoms in total. The van der Waals surface area contributed by atoms with Crippen molar-refractivity contribution >= 4 is 17.5 Å². The van der Waals surface area contributed by atoms with Gasteiger partial charge in [0.05, 0.1) is 11.1 Å². The van der Waals surface area contributed by atoms with Crippen LogP contribution in [0.25, 0.3) is 0 Å². The van der Waals surface area contributed by atoms with Crippen LogP contribution in [0.15, 0.2) is 72.9 Å². The molecule has 2 aromatic carbocycles. The van der Waals surface area contributed by atoms with Crippen LogP contribution in [-0.2, 0) is 7.05 Å². The standard InChI is InChI=1S/C23H24ClN3O/c1-25-17-20(24)16-21(25)23(28)27-14-12-26(13-15-27)22(18-8-4-2-5-9-18)19-10-6-3-7-11-19/h2-11,16-17,22H,12-15H2,1H3. The van der Waals surface area contributed by atoms with E-state index in [1.54, 1.807) is 16.8 Å². The molecule has 1 saturated heterocycles. The van der Waals surface area contributed by atoms with Crippen molar-refractivity contribution < 1.29 is 4.79 Å². The zero-order valence-corrected chi connectivity index (χ0v) is 16.7. The Morgan fingerprint density at radius 2 is 1.43 bits per heavy atom. The highest BCUT2D eigenvalue weighted by atomic mass is 35.5. The van der Waals surface area contributed by atoms with Gasteiger partial charge in [0.15, 0.2) is 0 Å². The first-order chi connectivity index (χ1) is 13.6. The van der Waals surface area contributed by atoms with E-state index in [0.717, 1.165) is 13.1 Å². The molecule has 144 valence electrons. The van der Waals surface area contributed by atoms with Gasteiger partial charge in [-0.1, -0.05) is 72.3 Å². The van der Waals surface area contributed by atoms with Crippen molar-refractivity contribution in [2.24, 2.45) is 7.05 Å². The second-order valence-corrected chi connectivity index (χ2v) is 7.64. The quantitative estimate of drug-likeness (QED) is 0.663. The van der Waals surface area contributed by atoms with Gasteiger partial charge in [0.2, 0.25) is 0 Å². The first kappa shape index (κ1) is 18.8. The molecule has 0 aliphatic carbocycles. The summed E-state index contributed by atoms with van der Waals surface area (Å²) < 4.78 is 1.80. The number of hydrogen-bond donors (Lipinski definition) is 0. The number of carbonyl (C=O) groups excluding carboxylic acids is 1. The average molecular weight is 394 g/mol. The van der Waals surface area contributed by atoms with Crippen molar-refractivity contribution in [1.29, 1.82) is 0 Å². The van der Waals surface area contributed by atoms with E-state index in [9.17, 15) is 4.79 Å². The molecule has 0 N–H and O–H groups in total. The zero-order chi connectivity index (χ0) is 19.5. The van der Waals surface area contributed by atoms with Gasteiger partial charge >= 0.3 is 0 Å². The number of piperazine rings is 1. The van der Waals surface area contributed by atoms with Crippen molar-refractivity contribution in [3.8, 4) is 0 Å². The fraction of sp³-hybridized carbons (Fsp3) is 0.261. The maximum Gasteiger partial charge on any atom is 0.270 e. The van der Waals surface area contributed by atoms with Gasteiger partial charge in [-0.05, 0) is 17.2 Å². The van der Waals surface area contributed by atoms with E-state index in [2.05, 4.69) is 53.4 Å². The average Bonchev–Trinajstić information content (AvgIpc) is 3.08. The van der Waals surface area contributed by atoms with E-state index in [0.29, 0.717) is 23.8 Å². The topological polar surface area (TPSA) is 28.5 Å². The summed E-state index contributed by atoms with van der Waals surface area (Å²) >= 11 is 6.05. The summed E-state index contributed by atoms with van der Waals surface area (Å²) in [5.41, 5.74) is 3.20. The summed E-state index contributed by atoms with van der Waals surface area (Å²) in [5.74, 6) is 0.0463. The molecular weight excluding hydrogens is 370 g/mol. The molecule has 28 heavy (non-hydrogen) atoms. The minimum atomic E-state index is 0.0463. The van der Waals surface area contributed by atoms with Gasteiger partial charge in [0, 0.05) is 39.4 Å². The van der Waals surface area contributed by atoms with Crippen LogP contribution in [0.2, 0.25) is 5.02 Å². The third-order valence-corrected chi connectivity index (χ3v) is 5.59. The summed E-state index contributed by atoms with van der Waals surface area (Å²) in [7, 11) is 1.86. The predicted octanol–water partition coefficient (Wildman–Crippen LogP) is 4.23. The van der Waals surface area contributed by atoms with Crippen LogP contribution in [0, 0.1) is 0 Å². The lowest BCUT2D eigenvalue weighted by atomic mass is 9.96. The van der Waals surface area contributed by atoms with Crippen LogP contribution in [-0.4, -0.2) is 46.5 Å². The fourth-order valence-corrected chi connectivity index (χ4v) is 4.22. The zero-order valence-electron chi connectivity index (χ0n) is 16.0. The molecule has 3 aromatic rings. The molecule has 2 heterocycles. The van der Waals surface area contributed by atoms with E-state index >= 15 is 0 Å². The molecule has 0 bridgehead atoms. The van der Waals surface area contributed by atoms with Crippen LogP contribution < -0.4 is 0 Å². The van der Waals surface area contributed by atoms with E-state index in [1.165, 1.54) is 11.1 Å². The Morgan fingerprint density at radius 1 is 0.893 bits per heavy atom. The molecule has 4 rings (SSSR count). The molecule has 0 spiro atoms. The lowest BCUT2D eigenvalue weighted by molar-refractivity contribution is 0.0588. The van der Waals surface area contributed by atoms with Crippen LogP contribution >= 0.6 is 11.6 Å². The number of halogens is 1. The van der Waals surface area contributed by atoms with Gasteiger partial charge in [0.1, 0.15) is 5.69 Å². The molecular formula is C23H24ClN3O. The second kappa shape index (κ2) is 8.21. The third-order valence-electron chi connectivity index (χ3n) is 5.39. The molecule has 1 aromatic heterocycles. The maximum absolute atomic E-state index is 12.9. The number of benzene rings is 2. The summed E-state index contributed by atoms with van der Waals surface area (Å²) in [5, 5.41) is 0.595. The molecule has 0 atom stereocenters. The normalized spacial score (nSPS) is 15.2. The number of nitrogens with zero attached hydrogens (tertiary/aromatic N) is 3. The Morgan fingerprint density at radius 3 is 1.89 bits per heavy atom. The number of carbonyl (C=O) groups is 1. The van der Waals surface area contributed by atoms with Crippen molar-refractivity contribution in [2.75, 3.05) is 26.2 Å². The Bertz CT molecular complexity index is 891. The Labute approximate surface area is 170 Å². The molecule has 0 saturated carbocycles. The van der Waals surface area contributed by atoms with Gasteiger partial charge in [-0.2, -0.15) is 0 Å². The van der Waals surface area contributed by atoms with Gasteiger partial charge in [-0.15, -0.1) is 0 Å². The summed E-state index contributed by atoms with van der Waals surface area (Å²) in [4.78, 5) is 17.3. The molecule has 0 radical (unpaired) electrons. The van der Waals surface area contributed by atoms with Gasteiger partial charge in [-0.3, -0.25) is 9.69 Å². The predicted molar refractivity (Wildman–Crippen MR) is 113 cm³/mol. The van der Waals surface area contributed by atoms with E-state index in [1.807, 2.05) is 24.1 Å². The van der Waals surface area contributed by atoms with E-state index in [-0.39, 0.29) is 11.9 Å². The molecule has 5 heteroatoms. The number of amides is 1. The number of rotatable bonds is 4. The van der Waals surface area contributed by atoms with Crippen LogP contribution in [0.3, 0.4) is 0 Å². The maximum atomic E-state index is 12.9. The summed E-state index contributed by atoms with van der Waals surface area (Å²) in [6.45, 7) is 3.08. The second-order valence-electron chi connectivity index (χ2n) is 7.21. The first-order valence-electron chi connectivity index (χ1n) is 9.58. The van der Waals surface area contributed by atoms with Crippen LogP contribution in [0.5, 0.6) is 0 Å². The molecule has 1 fully saturated rings. The molecule has 1 aliphatic heterocycles. The fourth-order valence-electron chi connectivity index (χ4n) is 3.97. The highest BCUT2D eigenvalue weighted by Crippen LogP contribution is 2.29. The Kier molecular flexibility index (Phi) is 5.51. The Hall–Kier alpha value is -2.56. The lowest BCUT2D eigenvalue weighted by Crippen LogP contribution is -2.50. The van der Waals surface area contributed by atoms with Crippen molar-refractivity contribution in [3.05, 3.63) is 94.8 Å². The smallest absolute Gasteiger partial charge is 0.270 e. The third kappa shape index (κ3) is 3.84. The summed E-state index contributed by atoms with van der Waals surface area (Å²) in [6.07, 6.45) is 1.77. The SMILES string of the molecule is Cn1cc(Cl)cc1C(=O)N1CCN(C(c2ccccc2)c2ccccc2)CC1. The number of hydrogen-bond acceptors (Lipinski definition) is 2. The summed E-state index contributed by atoms with van der Waals surface area (Å²) in [6, 6.07) is 23.1. The Balaban J connectivity index is 1.52. The molecule has 0 unspecified atom stereocenters. The van der Waals surface area contributed by atoms with Gasteiger partial charge in [-0.25, -0.2) is 0 Å². The number of aromatic nitrogens is 1. The minimum Gasteiger partial charge on any atom is -0.345 e. The number of aryl methyl sites for hydroxylation is 1. The van der Waals surface area contributed by atoms with Gasteiger partial charge in [0.25, 0.3) is 5.91 Å². The van der Waals surface area contributed by atoms with Crippen molar-refractivity contribution in [2.45, 2.75) is 6.04 Å². The molecule has 1 amide bonds. The van der Waals surface area contributed by atoms with Gasteiger partial charge < -0.3 is 9.47 Å². The van der Waals surface area contributed by atoms with Crippen LogP contribution in [0.4, 0.5) is 0 Å². The van der Waals surface area contributed by atoms with Crippen molar-refractivity contribution in [1.82, 2.24) is 14.4 Å². The molecule has 1 aliphatic rings. The van der Waals surface area contributed by atoms with E-state index < -0.39 is 0 Å². The first-order valence-corrected chi connectivity index (χ1v) is 9.96. The highest BCUT2D eigenvalue weighted by molar-refractivity contribution is 6.31. The highest BCUT2D eigenvalue weighted by Gasteiger charge is 2.29. The largest absolute Gasteiger partial charge is 0.345 e. The monoisotopic (exact) mass is 393 g/mol. The van der Waals surface area contributed by atoms with E-state index in [4.69, 9.17) is 11.6 Å². The van der Waals surface area contributed by atoms with Crippen LogP contribution in [0.1, 0.15) is 27.7 Å². The lowest BCUT2D eigenvalue weighted by Gasteiger charge is -2.39. The minimum absolute atomic E-state index is 0.0463.